The summed E-state index contributed by atoms with van der Waals surface area (Å²) in [5, 5.41) is 75.1. The first kappa shape index (κ1) is 97.7. The largest absolute Gasteiger partial charge is 0.504 e. The highest BCUT2D eigenvalue weighted by atomic mass is 16.5. The standard InChI is InChI=1S/C16H24O3.C14H20O3.2C12H16O3.C12H18O3.C12H16O3.C11H14O3/c1-3-4-5-6-7-14(17)10-8-13-9-11-15(18)16(12-13)19-2;1-3-4-5-12(15)8-6-11-7-9-13(16)14(10-11)17-2;1-8(9(2)13)6-10-4-5-11(14)12(7-10)15-3;1-3-10(13)6-4-9-5-7-11(14)12(8-9)15-2;2*1-3-15-12-8-10(5-4-9(2)13)6-7-11(12)14;1-8(12)3-4-9-5-6-10(13)11(7-9)14-2/h9,11-12,18H,3-8,10H2,1-2H3;7,9-10,16H,3-6,8H2,1-2H3;4-5,7-8,14H,6H2,1-3H3;5,7-8,14H,3-4,6H2,1-2H3;6-9,13-14H,3-5H2,1-2H3;6-8,14H,3-5H2,1-2H3;5-7,13H,3-4H2,1-2H3. The Morgan fingerprint density at radius 2 is 0.600 bits per heavy atom. The number of unbranched alkanes of at least 4 members (excludes halogenated alkanes) is 4. The third-order valence-corrected chi connectivity index (χ3v) is 17.1. The number of ether oxygens (including phenoxy) is 7. The second kappa shape index (κ2) is 56.9. The minimum absolute atomic E-state index is 0.000695. The highest BCUT2D eigenvalue weighted by molar-refractivity contribution is 5.80. The molecule has 606 valence electrons. The van der Waals surface area contributed by atoms with E-state index in [1.165, 1.54) is 48.4 Å². The van der Waals surface area contributed by atoms with Crippen molar-refractivity contribution in [2.24, 2.45) is 5.92 Å². The number of carbonyl (C=O) groups excluding carboxylic acids is 6. The summed E-state index contributed by atoms with van der Waals surface area (Å²) >= 11 is 0. The third-order valence-electron chi connectivity index (χ3n) is 17.1. The molecule has 2 atom stereocenters. The zero-order chi connectivity index (χ0) is 82.5. The Balaban J connectivity index is 0.000000643. The van der Waals surface area contributed by atoms with Crippen LogP contribution in [-0.2, 0) is 73.7 Å². The first-order valence-electron chi connectivity index (χ1n) is 37.9. The molecule has 8 N–H and O–H groups in total. The van der Waals surface area contributed by atoms with Crippen LogP contribution >= 0.6 is 0 Å². The summed E-state index contributed by atoms with van der Waals surface area (Å²) in [4.78, 5) is 67.0. The van der Waals surface area contributed by atoms with Gasteiger partial charge in [-0.2, -0.15) is 0 Å². The smallest absolute Gasteiger partial charge is 0.161 e. The summed E-state index contributed by atoms with van der Waals surface area (Å²) in [5.74, 6) is 5.61. The molecule has 0 bridgehead atoms. The normalized spacial score (nSPS) is 10.7. The Kier molecular flexibility index (Phi) is 50.5. The first-order valence-corrected chi connectivity index (χ1v) is 37.9. The maximum Gasteiger partial charge on any atom is 0.161 e. The van der Waals surface area contributed by atoms with E-state index in [-0.39, 0.29) is 75.4 Å². The number of Topliss-reactive ketones (excluding diaryl/α,β-unsaturated/α-hetero) is 6. The van der Waals surface area contributed by atoms with Crippen LogP contribution in [0.4, 0.5) is 0 Å². The molecule has 0 radical (unpaired) electrons. The Bertz CT molecular complexity index is 3840. The van der Waals surface area contributed by atoms with E-state index >= 15 is 0 Å². The van der Waals surface area contributed by atoms with Crippen LogP contribution in [0.5, 0.6) is 80.5 Å². The van der Waals surface area contributed by atoms with Crippen LogP contribution in [0.15, 0.2) is 127 Å². The average molecular weight is 1530 g/mol. The number of aliphatic hydroxyl groups excluding tert-OH is 1. The number of aryl methyl sites for hydroxylation is 6. The molecular weight excluding hydrogens is 1400 g/mol. The summed E-state index contributed by atoms with van der Waals surface area (Å²) in [6.07, 6.45) is 16.6. The number of phenolic OH excluding ortho intramolecular Hbond substituents is 7. The maximum absolute atomic E-state index is 11.7. The lowest BCUT2D eigenvalue weighted by Crippen LogP contribution is -2.09. The number of rotatable bonds is 39. The van der Waals surface area contributed by atoms with Gasteiger partial charge < -0.3 is 83.6 Å². The van der Waals surface area contributed by atoms with Crippen LogP contribution in [0.2, 0.25) is 0 Å². The molecule has 0 aliphatic carbocycles. The van der Waals surface area contributed by atoms with Crippen LogP contribution < -0.4 is 33.2 Å². The molecule has 0 amide bonds. The Morgan fingerprint density at radius 3 is 0.882 bits per heavy atom. The van der Waals surface area contributed by atoms with E-state index in [1.54, 1.807) is 131 Å². The Hall–Kier alpha value is -10.3. The van der Waals surface area contributed by atoms with Crippen LogP contribution in [-0.4, -0.2) is 130 Å². The minimum atomic E-state index is -0.297. The number of phenols is 7. The van der Waals surface area contributed by atoms with E-state index in [2.05, 4.69) is 13.8 Å². The molecule has 0 fully saturated rings. The molecule has 110 heavy (non-hydrogen) atoms. The van der Waals surface area contributed by atoms with Gasteiger partial charge >= 0.3 is 0 Å². The molecule has 0 aliphatic rings. The molecule has 7 rings (SSSR count). The SMILES string of the molecule is CCC(=O)CCc1ccc(O)c(OC)c1.CCCCC(=O)CCc1ccc(O)c(OC)c1.CCCCCCC(=O)CCc1ccc(O)c(OC)c1.CCOc1cc(CCC(C)=O)ccc1O.CCOc1cc(CCC(C)O)ccc1O.COc1cc(CC(C)C(C)=O)ccc1O.COc1cc(CCC(C)=O)ccc1O. The molecule has 0 aromatic heterocycles. The van der Waals surface area contributed by atoms with Gasteiger partial charge in [0.05, 0.1) is 54.9 Å². The second-order valence-corrected chi connectivity index (χ2v) is 26.4. The summed E-state index contributed by atoms with van der Waals surface area (Å²) in [5.41, 5.74) is 7.11. The third kappa shape index (κ3) is 42.5. The van der Waals surface area contributed by atoms with Gasteiger partial charge in [-0.3, -0.25) is 19.2 Å². The van der Waals surface area contributed by atoms with Crippen LogP contribution in [0.3, 0.4) is 0 Å². The number of carbonyl (C=O) groups is 6. The molecule has 21 nitrogen and oxygen atoms in total. The molecule has 0 saturated carbocycles. The van der Waals surface area contributed by atoms with Gasteiger partial charge in [0, 0.05) is 57.3 Å². The molecule has 0 aliphatic heterocycles. The molecule has 21 heteroatoms. The van der Waals surface area contributed by atoms with Gasteiger partial charge in [0.25, 0.3) is 0 Å². The van der Waals surface area contributed by atoms with Gasteiger partial charge in [-0.25, -0.2) is 0 Å². The van der Waals surface area contributed by atoms with E-state index in [0.717, 1.165) is 77.5 Å². The van der Waals surface area contributed by atoms with E-state index < -0.39 is 0 Å². The monoisotopic (exact) mass is 1530 g/mol. The van der Waals surface area contributed by atoms with Crippen molar-refractivity contribution in [3.8, 4) is 80.5 Å². The van der Waals surface area contributed by atoms with E-state index in [4.69, 9.17) is 38.3 Å². The number of aromatic hydroxyl groups is 7. The molecule has 2 unspecified atom stereocenters. The lowest BCUT2D eigenvalue weighted by Gasteiger charge is -2.09. The zero-order valence-corrected chi connectivity index (χ0v) is 67.6. The summed E-state index contributed by atoms with van der Waals surface area (Å²) < 4.78 is 35.5. The maximum atomic E-state index is 11.7. The fourth-order valence-corrected chi connectivity index (χ4v) is 10.2. The van der Waals surface area contributed by atoms with E-state index in [9.17, 15) is 64.5 Å². The lowest BCUT2D eigenvalue weighted by atomic mass is 9.98. The number of ketones is 6. The summed E-state index contributed by atoms with van der Waals surface area (Å²) in [6.45, 7) is 19.3. The van der Waals surface area contributed by atoms with Gasteiger partial charge in [-0.05, 0) is 230 Å². The van der Waals surface area contributed by atoms with E-state index in [1.807, 2.05) is 52.0 Å². The number of benzene rings is 7. The van der Waals surface area contributed by atoms with Gasteiger partial charge in [-0.15, -0.1) is 0 Å². The zero-order valence-electron chi connectivity index (χ0n) is 67.6. The number of hydrogen-bond donors (Lipinski definition) is 8. The van der Waals surface area contributed by atoms with Crippen molar-refractivity contribution >= 4 is 34.7 Å². The van der Waals surface area contributed by atoms with Crippen LogP contribution in [0.1, 0.15) is 204 Å². The highest BCUT2D eigenvalue weighted by Gasteiger charge is 2.14. The first-order chi connectivity index (χ1) is 52.4. The van der Waals surface area contributed by atoms with Crippen molar-refractivity contribution < 1.29 is 103 Å². The predicted molar refractivity (Wildman–Crippen MR) is 432 cm³/mol. The highest BCUT2D eigenvalue weighted by Crippen LogP contribution is 2.33. The number of aliphatic hydroxyl groups is 1. The molecule has 7 aromatic rings. The van der Waals surface area contributed by atoms with Crippen molar-refractivity contribution in [3.63, 3.8) is 0 Å². The summed E-state index contributed by atoms with van der Waals surface area (Å²) in [6, 6.07) is 36.3. The van der Waals surface area contributed by atoms with Crippen LogP contribution in [0, 0.1) is 5.92 Å². The lowest BCUT2D eigenvalue weighted by molar-refractivity contribution is -0.120. The van der Waals surface area contributed by atoms with Gasteiger partial charge in [0.15, 0.2) is 80.5 Å². The fraction of sp³-hybridized carbons (Fsp3) is 0.461. The van der Waals surface area contributed by atoms with E-state index in [0.29, 0.717) is 155 Å². The van der Waals surface area contributed by atoms with Crippen molar-refractivity contribution in [2.75, 3.05) is 48.8 Å². The Morgan fingerprint density at radius 1 is 0.327 bits per heavy atom. The van der Waals surface area contributed by atoms with Crippen molar-refractivity contribution in [2.45, 2.75) is 217 Å². The van der Waals surface area contributed by atoms with Crippen molar-refractivity contribution in [3.05, 3.63) is 166 Å². The topological polar surface area (TPSA) is 329 Å². The van der Waals surface area contributed by atoms with Gasteiger partial charge in [0.2, 0.25) is 0 Å². The van der Waals surface area contributed by atoms with Gasteiger partial charge in [0.1, 0.15) is 34.7 Å². The second-order valence-electron chi connectivity index (χ2n) is 26.4. The fourth-order valence-electron chi connectivity index (χ4n) is 10.2. The molecule has 0 heterocycles. The van der Waals surface area contributed by atoms with Crippen molar-refractivity contribution in [1.82, 2.24) is 0 Å². The molecular formula is C89H124O21. The van der Waals surface area contributed by atoms with Crippen molar-refractivity contribution in [1.29, 1.82) is 0 Å². The van der Waals surface area contributed by atoms with Crippen LogP contribution in [0.25, 0.3) is 0 Å². The van der Waals surface area contributed by atoms with Gasteiger partial charge in [-0.1, -0.05) is 95.8 Å². The average Bonchev–Trinajstić information content (AvgIpc) is 0.975. The number of methoxy groups -OCH3 is 5. The predicted octanol–water partition coefficient (Wildman–Crippen LogP) is 17.8. The minimum Gasteiger partial charge on any atom is -0.504 e. The summed E-state index contributed by atoms with van der Waals surface area (Å²) in [7, 11) is 7.57. The Labute approximate surface area is 652 Å². The number of hydrogen-bond acceptors (Lipinski definition) is 21. The molecule has 7 aromatic carbocycles. The molecule has 0 saturated heterocycles. The quantitative estimate of drug-likeness (QED) is 0.0166. The molecule has 0 spiro atoms.